The largest absolute Gasteiger partial charge is 0.493 e. The minimum Gasteiger partial charge on any atom is -0.493 e. The summed E-state index contributed by atoms with van der Waals surface area (Å²) in [6, 6.07) is 12.2. The van der Waals surface area contributed by atoms with Gasteiger partial charge in [0.2, 0.25) is 0 Å². The van der Waals surface area contributed by atoms with Gasteiger partial charge in [-0.1, -0.05) is 23.7 Å². The van der Waals surface area contributed by atoms with Crippen molar-refractivity contribution in [2.24, 2.45) is 0 Å². The molecule has 0 bridgehead atoms. The number of nitrogens with zero attached hydrogens (tertiary/aromatic N) is 1. The molecule has 0 saturated heterocycles. The smallest absolute Gasteiger partial charge is 0.266 e. The highest BCUT2D eigenvalue weighted by Crippen LogP contribution is 2.28. The lowest BCUT2D eigenvalue weighted by molar-refractivity contribution is -0.112. The monoisotopic (exact) mass is 356 g/mol. The third kappa shape index (κ3) is 4.31. The third-order valence-electron chi connectivity index (χ3n) is 3.60. The summed E-state index contributed by atoms with van der Waals surface area (Å²) < 4.78 is 10.4. The lowest BCUT2D eigenvalue weighted by atomic mass is 10.1. The highest BCUT2D eigenvalue weighted by atomic mass is 35.5. The molecule has 0 saturated carbocycles. The van der Waals surface area contributed by atoms with Gasteiger partial charge in [0, 0.05) is 10.7 Å². The maximum Gasteiger partial charge on any atom is 0.266 e. The number of methoxy groups -OCH3 is 2. The molecule has 0 aromatic heterocycles. The topological polar surface area (TPSA) is 71.3 Å². The minimum atomic E-state index is -0.511. The average molecular weight is 357 g/mol. The van der Waals surface area contributed by atoms with Crippen LogP contribution >= 0.6 is 11.6 Å². The Hall–Kier alpha value is -2.97. The molecular formula is C19H17ClN2O3. The van der Waals surface area contributed by atoms with Gasteiger partial charge in [-0.3, -0.25) is 4.79 Å². The molecule has 1 amide bonds. The van der Waals surface area contributed by atoms with Crippen molar-refractivity contribution in [3.05, 3.63) is 58.1 Å². The summed E-state index contributed by atoms with van der Waals surface area (Å²) in [4.78, 5) is 12.4. The molecule has 2 rings (SSSR count). The zero-order valence-corrected chi connectivity index (χ0v) is 14.8. The molecule has 0 spiro atoms. The predicted molar refractivity (Wildman–Crippen MR) is 98.0 cm³/mol. The third-order valence-corrected chi connectivity index (χ3v) is 4.01. The Kier molecular flexibility index (Phi) is 6.04. The fraction of sp³-hybridized carbons (Fsp3) is 0.158. The van der Waals surface area contributed by atoms with E-state index in [0.29, 0.717) is 27.8 Å². The number of carbonyl (C=O) groups is 1. The Morgan fingerprint density at radius 3 is 2.56 bits per heavy atom. The van der Waals surface area contributed by atoms with Gasteiger partial charge in [-0.05, 0) is 48.4 Å². The molecule has 1 N–H and O–H groups in total. The number of anilines is 1. The van der Waals surface area contributed by atoms with Crippen LogP contribution in [0.1, 0.15) is 11.1 Å². The highest BCUT2D eigenvalue weighted by molar-refractivity contribution is 6.31. The molecule has 0 atom stereocenters. The van der Waals surface area contributed by atoms with E-state index in [2.05, 4.69) is 5.32 Å². The van der Waals surface area contributed by atoms with Crippen molar-refractivity contribution in [2.45, 2.75) is 6.92 Å². The number of amides is 1. The van der Waals surface area contributed by atoms with Gasteiger partial charge in [0.25, 0.3) is 5.91 Å². The Morgan fingerprint density at radius 1 is 1.20 bits per heavy atom. The van der Waals surface area contributed by atoms with Gasteiger partial charge in [0.05, 0.1) is 14.2 Å². The summed E-state index contributed by atoms with van der Waals surface area (Å²) in [5, 5.41) is 12.6. The zero-order valence-electron chi connectivity index (χ0n) is 14.1. The van der Waals surface area contributed by atoms with Crippen LogP contribution in [-0.4, -0.2) is 20.1 Å². The molecule has 6 heteroatoms. The Labute approximate surface area is 151 Å². The zero-order chi connectivity index (χ0) is 18.4. The van der Waals surface area contributed by atoms with E-state index in [-0.39, 0.29) is 5.57 Å². The number of rotatable bonds is 5. The molecule has 0 fully saturated rings. The van der Waals surface area contributed by atoms with Crippen molar-refractivity contribution in [3.8, 4) is 17.6 Å². The molecule has 0 aliphatic carbocycles. The Bertz CT molecular complexity index is 869. The number of nitrogens with one attached hydrogen (secondary N) is 1. The molecule has 25 heavy (non-hydrogen) atoms. The number of halogens is 1. The van der Waals surface area contributed by atoms with Crippen molar-refractivity contribution in [1.29, 1.82) is 5.26 Å². The first kappa shape index (κ1) is 18.4. The molecule has 2 aromatic carbocycles. The van der Waals surface area contributed by atoms with Crippen LogP contribution in [0.5, 0.6) is 11.5 Å². The number of carbonyl (C=O) groups excluding carboxylic acids is 1. The number of ether oxygens (including phenoxy) is 2. The second-order valence-electron chi connectivity index (χ2n) is 5.15. The van der Waals surface area contributed by atoms with Crippen LogP contribution in [0, 0.1) is 18.3 Å². The lowest BCUT2D eigenvalue weighted by Crippen LogP contribution is -2.14. The minimum absolute atomic E-state index is 0.0356. The highest BCUT2D eigenvalue weighted by Gasteiger charge is 2.12. The molecule has 5 nitrogen and oxygen atoms in total. The fourth-order valence-electron chi connectivity index (χ4n) is 2.19. The first-order chi connectivity index (χ1) is 12.0. The summed E-state index contributed by atoms with van der Waals surface area (Å²) in [5.41, 5.74) is 1.91. The fourth-order valence-corrected chi connectivity index (χ4v) is 2.36. The maximum atomic E-state index is 12.4. The van der Waals surface area contributed by atoms with Gasteiger partial charge in [-0.2, -0.15) is 5.26 Å². The lowest BCUT2D eigenvalue weighted by Gasteiger charge is -2.10. The van der Waals surface area contributed by atoms with Crippen LogP contribution in [0.15, 0.2) is 42.0 Å². The van der Waals surface area contributed by atoms with E-state index in [9.17, 15) is 10.1 Å². The number of nitriles is 1. The van der Waals surface area contributed by atoms with Crippen molar-refractivity contribution in [3.63, 3.8) is 0 Å². The number of benzene rings is 2. The van der Waals surface area contributed by atoms with E-state index in [4.69, 9.17) is 21.1 Å². The van der Waals surface area contributed by atoms with Crippen molar-refractivity contribution in [2.75, 3.05) is 19.5 Å². The van der Waals surface area contributed by atoms with Gasteiger partial charge >= 0.3 is 0 Å². The summed E-state index contributed by atoms with van der Waals surface area (Å²) >= 11 is 6.05. The number of hydrogen-bond donors (Lipinski definition) is 1. The van der Waals surface area contributed by atoms with Crippen LogP contribution in [0.3, 0.4) is 0 Å². The van der Waals surface area contributed by atoms with Gasteiger partial charge in [-0.25, -0.2) is 0 Å². The quantitative estimate of drug-likeness (QED) is 0.643. The number of hydrogen-bond acceptors (Lipinski definition) is 4. The van der Waals surface area contributed by atoms with Crippen LogP contribution in [-0.2, 0) is 4.79 Å². The molecule has 2 aromatic rings. The van der Waals surface area contributed by atoms with Gasteiger partial charge in [0.15, 0.2) is 11.5 Å². The SMILES string of the molecule is COc1ccc(C=C(C#N)C(=O)Nc2cccc(Cl)c2C)cc1OC. The second kappa shape index (κ2) is 8.22. The Balaban J connectivity index is 2.29. The first-order valence-electron chi connectivity index (χ1n) is 7.40. The normalized spacial score (nSPS) is 10.8. The van der Waals surface area contributed by atoms with Crippen LogP contribution in [0.25, 0.3) is 6.08 Å². The molecule has 0 aliphatic rings. The van der Waals surface area contributed by atoms with Crippen molar-refractivity contribution >= 4 is 29.3 Å². The summed E-state index contributed by atoms with van der Waals surface area (Å²) in [6.07, 6.45) is 1.48. The standard InChI is InChI=1S/C19H17ClN2O3/c1-12-15(20)5-4-6-16(12)22-19(23)14(11-21)9-13-7-8-17(24-2)18(10-13)25-3/h4-10H,1-3H3,(H,22,23). The van der Waals surface area contributed by atoms with Crippen LogP contribution in [0.2, 0.25) is 5.02 Å². The molecule has 0 heterocycles. The molecule has 128 valence electrons. The molecule has 0 aliphatic heterocycles. The van der Waals surface area contributed by atoms with Crippen LogP contribution in [0.4, 0.5) is 5.69 Å². The average Bonchev–Trinajstić information content (AvgIpc) is 2.63. The van der Waals surface area contributed by atoms with E-state index in [0.717, 1.165) is 5.56 Å². The van der Waals surface area contributed by atoms with E-state index in [1.807, 2.05) is 6.07 Å². The van der Waals surface area contributed by atoms with Crippen molar-refractivity contribution < 1.29 is 14.3 Å². The second-order valence-corrected chi connectivity index (χ2v) is 5.56. The van der Waals surface area contributed by atoms with Crippen LogP contribution < -0.4 is 14.8 Å². The Morgan fingerprint density at radius 2 is 1.92 bits per heavy atom. The van der Waals surface area contributed by atoms with E-state index in [1.54, 1.807) is 43.3 Å². The van der Waals surface area contributed by atoms with E-state index >= 15 is 0 Å². The van der Waals surface area contributed by atoms with Gasteiger partial charge in [0.1, 0.15) is 11.6 Å². The van der Waals surface area contributed by atoms with E-state index < -0.39 is 5.91 Å². The molecule has 0 radical (unpaired) electrons. The van der Waals surface area contributed by atoms with Crippen molar-refractivity contribution in [1.82, 2.24) is 0 Å². The summed E-state index contributed by atoms with van der Waals surface area (Å²) in [6.45, 7) is 1.79. The molecule has 0 unspecified atom stereocenters. The van der Waals surface area contributed by atoms with Gasteiger partial charge < -0.3 is 14.8 Å². The van der Waals surface area contributed by atoms with E-state index in [1.165, 1.54) is 20.3 Å². The maximum absolute atomic E-state index is 12.4. The summed E-state index contributed by atoms with van der Waals surface area (Å²) in [5.74, 6) is 0.569. The predicted octanol–water partition coefficient (Wildman–Crippen LogP) is 4.21. The van der Waals surface area contributed by atoms with Gasteiger partial charge in [-0.15, -0.1) is 0 Å². The molecular weight excluding hydrogens is 340 g/mol. The summed E-state index contributed by atoms with van der Waals surface area (Å²) in [7, 11) is 3.06. The first-order valence-corrected chi connectivity index (χ1v) is 7.78.